The molecule has 1 N–H and O–H groups in total. The minimum atomic E-state index is -1.10. The lowest BCUT2D eigenvalue weighted by atomic mass is 9.99. The highest BCUT2D eigenvalue weighted by molar-refractivity contribution is 5.91. The van der Waals surface area contributed by atoms with Crippen LogP contribution in [-0.4, -0.2) is 16.4 Å². The van der Waals surface area contributed by atoms with E-state index in [-0.39, 0.29) is 5.89 Å². The SMILES string of the molecule is O=Cc1ccc2occc2c1C(O)c1ncco1. The number of aliphatic hydroxyl groups excluding tert-OH is 1. The van der Waals surface area contributed by atoms with Gasteiger partial charge in [-0.05, 0) is 18.2 Å². The molecule has 90 valence electrons. The van der Waals surface area contributed by atoms with Crippen LogP contribution in [0.15, 0.2) is 45.8 Å². The third kappa shape index (κ3) is 1.53. The van der Waals surface area contributed by atoms with Gasteiger partial charge in [0.25, 0.3) is 0 Å². The third-order valence-corrected chi connectivity index (χ3v) is 2.80. The van der Waals surface area contributed by atoms with Crippen molar-refractivity contribution in [2.75, 3.05) is 0 Å². The van der Waals surface area contributed by atoms with Crippen molar-refractivity contribution in [2.45, 2.75) is 6.10 Å². The van der Waals surface area contributed by atoms with Crippen LogP contribution < -0.4 is 0 Å². The molecule has 5 heteroatoms. The molecule has 0 bridgehead atoms. The fourth-order valence-corrected chi connectivity index (χ4v) is 1.98. The minimum absolute atomic E-state index is 0.145. The molecule has 0 aliphatic heterocycles. The molecule has 1 unspecified atom stereocenters. The summed E-state index contributed by atoms with van der Waals surface area (Å²) in [4.78, 5) is 15.0. The highest BCUT2D eigenvalue weighted by Crippen LogP contribution is 2.31. The molecule has 0 spiro atoms. The first-order chi connectivity index (χ1) is 8.81. The number of benzene rings is 1. The Labute approximate surface area is 102 Å². The van der Waals surface area contributed by atoms with Crippen LogP contribution in [0.5, 0.6) is 0 Å². The Kier molecular flexibility index (Phi) is 2.46. The number of fused-ring (bicyclic) bond motifs is 1. The summed E-state index contributed by atoms with van der Waals surface area (Å²) in [5.41, 5.74) is 1.43. The average Bonchev–Trinajstić information content (AvgIpc) is 3.06. The lowest BCUT2D eigenvalue weighted by molar-refractivity contribution is 0.111. The van der Waals surface area contributed by atoms with Crippen LogP contribution in [0.2, 0.25) is 0 Å². The average molecular weight is 243 g/mol. The van der Waals surface area contributed by atoms with Crippen molar-refractivity contribution in [3.63, 3.8) is 0 Å². The second-order valence-electron chi connectivity index (χ2n) is 3.79. The van der Waals surface area contributed by atoms with Crippen molar-refractivity contribution in [2.24, 2.45) is 0 Å². The van der Waals surface area contributed by atoms with Crippen LogP contribution in [0.1, 0.15) is 27.9 Å². The van der Waals surface area contributed by atoms with Gasteiger partial charge in [-0.1, -0.05) is 0 Å². The van der Waals surface area contributed by atoms with Crippen molar-refractivity contribution in [3.05, 3.63) is 53.9 Å². The van der Waals surface area contributed by atoms with Crippen molar-refractivity contribution >= 4 is 17.3 Å². The number of furan rings is 1. The summed E-state index contributed by atoms with van der Waals surface area (Å²) in [6.45, 7) is 0. The molecule has 18 heavy (non-hydrogen) atoms. The Balaban J connectivity index is 2.25. The predicted octanol–water partition coefficient (Wildman–Crippen LogP) is 2.32. The molecular weight excluding hydrogens is 234 g/mol. The second kappa shape index (κ2) is 4.12. The van der Waals surface area contributed by atoms with Crippen LogP contribution in [0.25, 0.3) is 11.0 Å². The van der Waals surface area contributed by atoms with E-state index in [0.29, 0.717) is 28.4 Å². The molecule has 1 aromatic carbocycles. The zero-order valence-corrected chi connectivity index (χ0v) is 9.24. The number of carbonyl (C=O) groups excluding carboxylic acids is 1. The maximum absolute atomic E-state index is 11.1. The normalized spacial score (nSPS) is 12.7. The number of rotatable bonds is 3. The maximum Gasteiger partial charge on any atom is 0.227 e. The quantitative estimate of drug-likeness (QED) is 0.714. The molecule has 0 aliphatic rings. The third-order valence-electron chi connectivity index (χ3n) is 2.80. The van der Waals surface area contributed by atoms with Crippen LogP contribution in [0, 0.1) is 0 Å². The van der Waals surface area contributed by atoms with E-state index in [2.05, 4.69) is 4.98 Å². The van der Waals surface area contributed by atoms with Gasteiger partial charge in [-0.2, -0.15) is 0 Å². The van der Waals surface area contributed by atoms with E-state index in [1.807, 2.05) is 0 Å². The van der Waals surface area contributed by atoms with Gasteiger partial charge in [0.2, 0.25) is 5.89 Å². The summed E-state index contributed by atoms with van der Waals surface area (Å²) in [5.74, 6) is 0.145. The molecule has 0 fully saturated rings. The van der Waals surface area contributed by atoms with Crippen LogP contribution in [-0.2, 0) is 0 Å². The van der Waals surface area contributed by atoms with E-state index in [0.717, 1.165) is 0 Å². The number of aliphatic hydroxyl groups is 1. The predicted molar refractivity (Wildman–Crippen MR) is 62.2 cm³/mol. The van der Waals surface area contributed by atoms with E-state index in [9.17, 15) is 9.90 Å². The number of aldehydes is 1. The number of hydrogen-bond donors (Lipinski definition) is 1. The smallest absolute Gasteiger partial charge is 0.227 e. The number of oxazole rings is 1. The van der Waals surface area contributed by atoms with Crippen LogP contribution in [0.4, 0.5) is 0 Å². The number of carbonyl (C=O) groups is 1. The monoisotopic (exact) mass is 243 g/mol. The minimum Gasteiger partial charge on any atom is -0.464 e. The maximum atomic E-state index is 11.1. The zero-order chi connectivity index (χ0) is 12.5. The number of hydrogen-bond acceptors (Lipinski definition) is 5. The molecule has 5 nitrogen and oxygen atoms in total. The highest BCUT2D eigenvalue weighted by Gasteiger charge is 2.22. The van der Waals surface area contributed by atoms with Gasteiger partial charge in [-0.3, -0.25) is 4.79 Å². The van der Waals surface area contributed by atoms with Gasteiger partial charge in [-0.25, -0.2) is 4.98 Å². The zero-order valence-electron chi connectivity index (χ0n) is 9.24. The molecule has 2 aromatic heterocycles. The van der Waals surface area contributed by atoms with Crippen molar-refractivity contribution in [3.8, 4) is 0 Å². The molecule has 1 atom stereocenters. The largest absolute Gasteiger partial charge is 0.464 e. The number of aromatic nitrogens is 1. The molecule has 0 radical (unpaired) electrons. The first-order valence-electron chi connectivity index (χ1n) is 5.34. The fraction of sp³-hybridized carbons (Fsp3) is 0.0769. The fourth-order valence-electron chi connectivity index (χ4n) is 1.98. The summed E-state index contributed by atoms with van der Waals surface area (Å²) in [6.07, 6.45) is 3.91. The molecule has 0 saturated carbocycles. The highest BCUT2D eigenvalue weighted by atomic mass is 16.4. The van der Waals surface area contributed by atoms with Crippen LogP contribution in [0.3, 0.4) is 0 Å². The molecule has 0 amide bonds. The van der Waals surface area contributed by atoms with Gasteiger partial charge in [-0.15, -0.1) is 0 Å². The van der Waals surface area contributed by atoms with Gasteiger partial charge in [0.1, 0.15) is 18.1 Å². The molecule has 0 saturated heterocycles. The van der Waals surface area contributed by atoms with E-state index >= 15 is 0 Å². The van der Waals surface area contributed by atoms with Gasteiger partial charge in [0.15, 0.2) is 6.10 Å². The first kappa shape index (κ1) is 10.7. The summed E-state index contributed by atoms with van der Waals surface area (Å²) in [5, 5.41) is 10.9. The van der Waals surface area contributed by atoms with E-state index in [1.54, 1.807) is 18.2 Å². The summed E-state index contributed by atoms with van der Waals surface area (Å²) in [7, 11) is 0. The number of nitrogens with zero attached hydrogens (tertiary/aromatic N) is 1. The van der Waals surface area contributed by atoms with Crippen LogP contribution >= 0.6 is 0 Å². The summed E-state index contributed by atoms with van der Waals surface area (Å²) in [6, 6.07) is 4.98. The van der Waals surface area contributed by atoms with E-state index in [4.69, 9.17) is 8.83 Å². The van der Waals surface area contributed by atoms with Gasteiger partial charge in [0.05, 0.1) is 12.5 Å². The Morgan fingerprint density at radius 3 is 2.83 bits per heavy atom. The first-order valence-corrected chi connectivity index (χ1v) is 5.34. The molecule has 3 rings (SSSR count). The van der Waals surface area contributed by atoms with Crippen molar-refractivity contribution < 1.29 is 18.7 Å². The van der Waals surface area contributed by atoms with Crippen molar-refractivity contribution in [1.29, 1.82) is 0 Å². The van der Waals surface area contributed by atoms with Gasteiger partial charge < -0.3 is 13.9 Å². The standard InChI is InChI=1S/C13H9NO4/c15-7-8-1-2-10-9(3-5-17-10)11(8)12(16)13-14-4-6-18-13/h1-7,12,16H. The van der Waals surface area contributed by atoms with Gasteiger partial charge >= 0.3 is 0 Å². The summed E-state index contributed by atoms with van der Waals surface area (Å²) < 4.78 is 10.3. The lowest BCUT2D eigenvalue weighted by Gasteiger charge is -2.10. The Morgan fingerprint density at radius 2 is 2.11 bits per heavy atom. The van der Waals surface area contributed by atoms with Crippen molar-refractivity contribution in [1.82, 2.24) is 4.98 Å². The summed E-state index contributed by atoms with van der Waals surface area (Å²) >= 11 is 0. The topological polar surface area (TPSA) is 76.5 Å². The second-order valence-corrected chi connectivity index (χ2v) is 3.79. The molecule has 0 aliphatic carbocycles. The lowest BCUT2D eigenvalue weighted by Crippen LogP contribution is -2.04. The molecular formula is C13H9NO4. The Hall–Kier alpha value is -2.40. The Bertz CT molecular complexity index is 684. The van der Waals surface area contributed by atoms with E-state index < -0.39 is 6.10 Å². The van der Waals surface area contributed by atoms with Gasteiger partial charge in [0, 0.05) is 16.5 Å². The van der Waals surface area contributed by atoms with E-state index in [1.165, 1.54) is 18.7 Å². The molecule has 3 aromatic rings. The molecule has 2 heterocycles. The Morgan fingerprint density at radius 1 is 1.22 bits per heavy atom.